The van der Waals surface area contributed by atoms with Gasteiger partial charge in [-0.05, 0) is 43.7 Å². The van der Waals surface area contributed by atoms with Gasteiger partial charge in [0.05, 0.1) is 5.69 Å². The number of pyridine rings is 1. The Balaban J connectivity index is 2.35. The molecule has 2 heterocycles. The molecule has 0 radical (unpaired) electrons. The van der Waals surface area contributed by atoms with Gasteiger partial charge in [0, 0.05) is 18.0 Å². The number of hydrogen-bond donors (Lipinski definition) is 0. The summed E-state index contributed by atoms with van der Waals surface area (Å²) in [7, 11) is 0. The van der Waals surface area contributed by atoms with Crippen LogP contribution in [0.4, 0.5) is 4.39 Å². The van der Waals surface area contributed by atoms with Crippen molar-refractivity contribution in [2.45, 2.75) is 20.3 Å². The lowest BCUT2D eigenvalue weighted by atomic mass is 10.2. The molecule has 3 nitrogen and oxygen atoms in total. The lowest BCUT2D eigenvalue weighted by molar-refractivity contribution is 0.616. The molecule has 0 saturated heterocycles. The van der Waals surface area contributed by atoms with E-state index in [4.69, 9.17) is 11.6 Å². The molecule has 3 rings (SSSR count). The third-order valence-corrected chi connectivity index (χ3v) is 3.56. The van der Waals surface area contributed by atoms with Crippen molar-refractivity contribution in [1.29, 1.82) is 0 Å². The van der Waals surface area contributed by atoms with E-state index in [1.807, 2.05) is 26.0 Å². The molecule has 0 amide bonds. The summed E-state index contributed by atoms with van der Waals surface area (Å²) in [6, 6.07) is 8.82. The van der Waals surface area contributed by atoms with Crippen molar-refractivity contribution in [3.8, 4) is 5.69 Å². The van der Waals surface area contributed by atoms with E-state index in [1.54, 1.807) is 16.7 Å². The molecule has 0 saturated carbocycles. The lowest BCUT2D eigenvalue weighted by Gasteiger charge is -2.10. The Morgan fingerprint density at radius 1 is 1.14 bits per heavy atom. The Kier molecular flexibility index (Phi) is 3.64. The third-order valence-electron chi connectivity index (χ3n) is 3.37. The molecule has 2 aromatic heterocycles. The monoisotopic (exact) mass is 303 g/mol. The summed E-state index contributed by atoms with van der Waals surface area (Å²) in [6.45, 7) is 3.84. The standard InChI is InChI=1S/C16H15ClFN3/c1-10-3-5-12(18)14(9-10)21-15(7-8-17)20-13-6-4-11(2)19-16(13)21/h3-6,9H,7-8H2,1-2H3. The number of halogens is 2. The van der Waals surface area contributed by atoms with Crippen LogP contribution in [0.2, 0.25) is 0 Å². The summed E-state index contributed by atoms with van der Waals surface area (Å²) < 4.78 is 16.0. The second-order valence-electron chi connectivity index (χ2n) is 5.05. The molecule has 0 spiro atoms. The molecule has 0 atom stereocenters. The van der Waals surface area contributed by atoms with Gasteiger partial charge in [0.2, 0.25) is 0 Å². The van der Waals surface area contributed by atoms with E-state index in [-0.39, 0.29) is 5.82 Å². The fraction of sp³-hybridized carbons (Fsp3) is 0.250. The van der Waals surface area contributed by atoms with Gasteiger partial charge in [-0.25, -0.2) is 14.4 Å². The van der Waals surface area contributed by atoms with Gasteiger partial charge in [0.1, 0.15) is 17.2 Å². The molecule has 0 aliphatic rings. The molecular weight excluding hydrogens is 289 g/mol. The van der Waals surface area contributed by atoms with Crippen molar-refractivity contribution in [2.24, 2.45) is 0 Å². The molecule has 3 aromatic rings. The molecule has 108 valence electrons. The van der Waals surface area contributed by atoms with E-state index >= 15 is 0 Å². The first kappa shape index (κ1) is 14.0. The molecular formula is C16H15ClFN3. The van der Waals surface area contributed by atoms with Crippen LogP contribution in [-0.2, 0) is 6.42 Å². The van der Waals surface area contributed by atoms with Crippen molar-refractivity contribution in [3.05, 3.63) is 53.2 Å². The Hall–Kier alpha value is -1.94. The molecule has 0 bridgehead atoms. The summed E-state index contributed by atoms with van der Waals surface area (Å²) in [6.07, 6.45) is 0.560. The fourth-order valence-electron chi connectivity index (χ4n) is 2.40. The maximum absolute atomic E-state index is 14.3. The average Bonchev–Trinajstić information content (AvgIpc) is 2.79. The number of nitrogens with zero attached hydrogens (tertiary/aromatic N) is 3. The van der Waals surface area contributed by atoms with Crippen LogP contribution < -0.4 is 0 Å². The number of fused-ring (bicyclic) bond motifs is 1. The van der Waals surface area contributed by atoms with Crippen LogP contribution in [0, 0.1) is 19.7 Å². The minimum absolute atomic E-state index is 0.293. The van der Waals surface area contributed by atoms with Gasteiger partial charge in [0.15, 0.2) is 5.65 Å². The number of alkyl halides is 1. The van der Waals surface area contributed by atoms with Gasteiger partial charge < -0.3 is 0 Å². The number of aryl methyl sites for hydroxylation is 3. The maximum Gasteiger partial charge on any atom is 0.165 e. The molecule has 0 aliphatic carbocycles. The van der Waals surface area contributed by atoms with Gasteiger partial charge in [0.25, 0.3) is 0 Å². The van der Waals surface area contributed by atoms with Crippen LogP contribution in [0.1, 0.15) is 17.1 Å². The van der Waals surface area contributed by atoms with Gasteiger partial charge in [-0.3, -0.25) is 4.57 Å². The molecule has 0 aliphatic heterocycles. The van der Waals surface area contributed by atoms with Crippen LogP contribution >= 0.6 is 11.6 Å². The summed E-state index contributed by atoms with van der Waals surface area (Å²) in [5.74, 6) is 0.858. The van der Waals surface area contributed by atoms with E-state index in [9.17, 15) is 4.39 Å². The number of hydrogen-bond acceptors (Lipinski definition) is 2. The second kappa shape index (κ2) is 5.45. The summed E-state index contributed by atoms with van der Waals surface area (Å²) in [5, 5.41) is 0. The minimum atomic E-state index is -0.293. The third kappa shape index (κ3) is 2.51. The van der Waals surface area contributed by atoms with Gasteiger partial charge in [-0.15, -0.1) is 11.6 Å². The number of aromatic nitrogens is 3. The molecule has 0 N–H and O–H groups in total. The highest BCUT2D eigenvalue weighted by atomic mass is 35.5. The predicted octanol–water partition coefficient (Wildman–Crippen LogP) is 3.96. The quantitative estimate of drug-likeness (QED) is 0.686. The Morgan fingerprint density at radius 2 is 1.95 bits per heavy atom. The first-order valence-corrected chi connectivity index (χ1v) is 7.31. The highest BCUT2D eigenvalue weighted by molar-refractivity contribution is 6.17. The van der Waals surface area contributed by atoms with Gasteiger partial charge >= 0.3 is 0 Å². The van der Waals surface area contributed by atoms with Crippen LogP contribution in [0.15, 0.2) is 30.3 Å². The normalized spacial score (nSPS) is 11.2. The smallest absolute Gasteiger partial charge is 0.165 e. The van der Waals surface area contributed by atoms with Crippen LogP contribution in [-0.4, -0.2) is 20.4 Å². The van der Waals surface area contributed by atoms with E-state index in [0.717, 1.165) is 22.6 Å². The molecule has 5 heteroatoms. The highest BCUT2D eigenvalue weighted by Crippen LogP contribution is 2.24. The van der Waals surface area contributed by atoms with Crippen molar-refractivity contribution < 1.29 is 4.39 Å². The van der Waals surface area contributed by atoms with E-state index in [2.05, 4.69) is 9.97 Å². The van der Waals surface area contributed by atoms with Crippen LogP contribution in [0.5, 0.6) is 0 Å². The van der Waals surface area contributed by atoms with Crippen molar-refractivity contribution in [2.75, 3.05) is 5.88 Å². The highest BCUT2D eigenvalue weighted by Gasteiger charge is 2.16. The fourth-order valence-corrected chi connectivity index (χ4v) is 2.57. The summed E-state index contributed by atoms with van der Waals surface area (Å²) in [5.41, 5.74) is 3.74. The van der Waals surface area contributed by atoms with E-state index < -0.39 is 0 Å². The average molecular weight is 304 g/mol. The minimum Gasteiger partial charge on any atom is -0.278 e. The van der Waals surface area contributed by atoms with Crippen LogP contribution in [0.25, 0.3) is 16.9 Å². The maximum atomic E-state index is 14.3. The van der Waals surface area contributed by atoms with Crippen molar-refractivity contribution >= 4 is 22.8 Å². The zero-order chi connectivity index (χ0) is 15.0. The number of benzene rings is 1. The largest absolute Gasteiger partial charge is 0.278 e. The Bertz CT molecular complexity index is 811. The summed E-state index contributed by atoms with van der Waals surface area (Å²) >= 11 is 5.86. The Labute approximate surface area is 127 Å². The van der Waals surface area contributed by atoms with Crippen molar-refractivity contribution in [3.63, 3.8) is 0 Å². The van der Waals surface area contributed by atoms with Gasteiger partial charge in [-0.2, -0.15) is 0 Å². The number of imidazole rings is 1. The first-order valence-electron chi connectivity index (χ1n) is 6.77. The first-order chi connectivity index (χ1) is 10.1. The van der Waals surface area contributed by atoms with Gasteiger partial charge in [-0.1, -0.05) is 6.07 Å². The molecule has 0 fully saturated rings. The van der Waals surface area contributed by atoms with E-state index in [0.29, 0.717) is 23.6 Å². The number of rotatable bonds is 3. The van der Waals surface area contributed by atoms with Crippen LogP contribution in [0.3, 0.4) is 0 Å². The molecule has 0 unspecified atom stereocenters. The summed E-state index contributed by atoms with van der Waals surface area (Å²) in [4.78, 5) is 9.06. The molecule has 21 heavy (non-hydrogen) atoms. The predicted molar refractivity (Wildman–Crippen MR) is 82.7 cm³/mol. The lowest BCUT2D eigenvalue weighted by Crippen LogP contribution is -2.05. The Morgan fingerprint density at radius 3 is 2.71 bits per heavy atom. The zero-order valence-electron chi connectivity index (χ0n) is 11.9. The van der Waals surface area contributed by atoms with E-state index in [1.165, 1.54) is 6.07 Å². The zero-order valence-corrected chi connectivity index (χ0v) is 12.7. The SMILES string of the molecule is Cc1ccc(F)c(-n2c(CCCl)nc3ccc(C)nc32)c1. The molecule has 1 aromatic carbocycles. The second-order valence-corrected chi connectivity index (χ2v) is 5.43. The van der Waals surface area contributed by atoms with Crippen molar-refractivity contribution in [1.82, 2.24) is 14.5 Å². The topological polar surface area (TPSA) is 30.7 Å².